The van der Waals surface area contributed by atoms with Crippen LogP contribution in [0.3, 0.4) is 0 Å². The van der Waals surface area contributed by atoms with E-state index >= 15 is 0 Å². The number of hydrogen-bond donors (Lipinski definition) is 0. The molecule has 2 nitrogen and oxygen atoms in total. The van der Waals surface area contributed by atoms with E-state index in [0.29, 0.717) is 6.42 Å². The van der Waals surface area contributed by atoms with Crippen LogP contribution in [0, 0.1) is 25.2 Å². The molecule has 0 amide bonds. The summed E-state index contributed by atoms with van der Waals surface area (Å²) < 4.78 is 0. The number of nitrogens with zero attached hydrogens (tertiary/aromatic N) is 2. The van der Waals surface area contributed by atoms with E-state index < -0.39 is 0 Å². The van der Waals surface area contributed by atoms with E-state index in [1.807, 2.05) is 19.9 Å². The summed E-state index contributed by atoms with van der Waals surface area (Å²) in [5.41, 5.74) is 3.18. The summed E-state index contributed by atoms with van der Waals surface area (Å²) in [6.45, 7) is 3.95. The number of aryl methyl sites for hydroxylation is 2. The maximum atomic E-state index is 8.44. The highest BCUT2D eigenvalue weighted by molar-refractivity contribution is 5.26. The van der Waals surface area contributed by atoms with Crippen molar-refractivity contribution in [1.82, 2.24) is 4.98 Å². The van der Waals surface area contributed by atoms with Crippen molar-refractivity contribution in [2.75, 3.05) is 0 Å². The molecule has 0 spiro atoms. The second-order valence-corrected chi connectivity index (χ2v) is 2.59. The Kier molecular flexibility index (Phi) is 2.22. The number of pyridine rings is 1. The van der Waals surface area contributed by atoms with Gasteiger partial charge in [-0.2, -0.15) is 5.26 Å². The van der Waals surface area contributed by atoms with Gasteiger partial charge < -0.3 is 0 Å². The summed E-state index contributed by atoms with van der Waals surface area (Å²) in [7, 11) is 0. The van der Waals surface area contributed by atoms with Crippen molar-refractivity contribution in [3.63, 3.8) is 0 Å². The van der Waals surface area contributed by atoms with Gasteiger partial charge in [-0.15, -0.1) is 0 Å². The molecule has 0 saturated carbocycles. The highest BCUT2D eigenvalue weighted by atomic mass is 14.7. The lowest BCUT2D eigenvalue weighted by Crippen LogP contribution is -1.90. The van der Waals surface area contributed by atoms with Gasteiger partial charge >= 0.3 is 0 Å². The minimum atomic E-state index is 0.457. The maximum Gasteiger partial charge on any atom is 0.0670 e. The Morgan fingerprint density at radius 1 is 1.55 bits per heavy atom. The third-order valence-electron chi connectivity index (χ3n) is 1.63. The standard InChI is InChI=1S/C9H10N2/c1-7-5-8(2)11-6-9(7)3-4-10/h5-6H,3H2,1-2H3. The van der Waals surface area contributed by atoms with Crippen LogP contribution in [0.1, 0.15) is 16.8 Å². The smallest absolute Gasteiger partial charge is 0.0670 e. The molecule has 0 aliphatic heterocycles. The molecular formula is C9H10N2. The number of aromatic nitrogens is 1. The van der Waals surface area contributed by atoms with Crippen molar-refractivity contribution < 1.29 is 0 Å². The van der Waals surface area contributed by atoms with Crippen LogP contribution >= 0.6 is 0 Å². The average Bonchev–Trinajstić information content (AvgIpc) is 1.95. The maximum absolute atomic E-state index is 8.44. The zero-order chi connectivity index (χ0) is 8.27. The van der Waals surface area contributed by atoms with E-state index in [0.717, 1.165) is 16.8 Å². The fourth-order valence-electron chi connectivity index (χ4n) is 0.995. The van der Waals surface area contributed by atoms with Gasteiger partial charge in [0.15, 0.2) is 0 Å². The van der Waals surface area contributed by atoms with Gasteiger partial charge in [0.2, 0.25) is 0 Å². The quantitative estimate of drug-likeness (QED) is 0.605. The van der Waals surface area contributed by atoms with Crippen molar-refractivity contribution in [3.05, 3.63) is 29.1 Å². The Balaban J connectivity index is 3.01. The van der Waals surface area contributed by atoms with Crippen molar-refractivity contribution in [1.29, 1.82) is 5.26 Å². The number of nitriles is 1. The van der Waals surface area contributed by atoms with Crippen LogP contribution in [0.2, 0.25) is 0 Å². The van der Waals surface area contributed by atoms with Gasteiger partial charge in [0.05, 0.1) is 12.5 Å². The predicted octanol–water partition coefficient (Wildman–Crippen LogP) is 1.76. The summed E-state index contributed by atoms with van der Waals surface area (Å²) in [6, 6.07) is 4.10. The Hall–Kier alpha value is -1.36. The molecule has 1 aromatic rings. The summed E-state index contributed by atoms with van der Waals surface area (Å²) in [5.74, 6) is 0. The molecule has 1 heterocycles. The predicted molar refractivity (Wildman–Crippen MR) is 43.0 cm³/mol. The lowest BCUT2D eigenvalue weighted by atomic mass is 10.1. The van der Waals surface area contributed by atoms with Gasteiger partial charge in [-0.1, -0.05) is 0 Å². The first-order valence-corrected chi connectivity index (χ1v) is 3.53. The lowest BCUT2D eigenvalue weighted by Gasteiger charge is -2.00. The number of rotatable bonds is 1. The first kappa shape index (κ1) is 7.74. The van der Waals surface area contributed by atoms with Gasteiger partial charge in [-0.05, 0) is 31.0 Å². The Morgan fingerprint density at radius 2 is 2.27 bits per heavy atom. The summed E-state index contributed by atoms with van der Waals surface area (Å²) >= 11 is 0. The lowest BCUT2D eigenvalue weighted by molar-refractivity contribution is 1.10. The molecule has 0 aliphatic rings. The third kappa shape index (κ3) is 1.78. The second-order valence-electron chi connectivity index (χ2n) is 2.59. The van der Waals surface area contributed by atoms with Crippen LogP contribution < -0.4 is 0 Å². The molecule has 0 N–H and O–H groups in total. The van der Waals surface area contributed by atoms with E-state index in [4.69, 9.17) is 5.26 Å². The van der Waals surface area contributed by atoms with Crippen LogP contribution in [-0.4, -0.2) is 4.98 Å². The highest BCUT2D eigenvalue weighted by Crippen LogP contribution is 2.07. The van der Waals surface area contributed by atoms with E-state index in [1.54, 1.807) is 6.20 Å². The van der Waals surface area contributed by atoms with Crippen LogP contribution in [0.25, 0.3) is 0 Å². The molecule has 11 heavy (non-hydrogen) atoms. The van der Waals surface area contributed by atoms with Crippen molar-refractivity contribution >= 4 is 0 Å². The molecular weight excluding hydrogens is 136 g/mol. The summed E-state index contributed by atoms with van der Waals surface area (Å²) in [6.07, 6.45) is 2.23. The minimum absolute atomic E-state index is 0.457. The van der Waals surface area contributed by atoms with Crippen molar-refractivity contribution in [2.45, 2.75) is 20.3 Å². The van der Waals surface area contributed by atoms with E-state index in [9.17, 15) is 0 Å². The molecule has 0 atom stereocenters. The fraction of sp³-hybridized carbons (Fsp3) is 0.333. The largest absolute Gasteiger partial charge is 0.261 e. The Labute approximate surface area is 66.5 Å². The van der Waals surface area contributed by atoms with Crippen LogP contribution in [0.15, 0.2) is 12.3 Å². The van der Waals surface area contributed by atoms with Gasteiger partial charge in [0, 0.05) is 11.9 Å². The van der Waals surface area contributed by atoms with Gasteiger partial charge in [0.25, 0.3) is 0 Å². The molecule has 0 fully saturated rings. The van der Waals surface area contributed by atoms with Crippen molar-refractivity contribution in [2.24, 2.45) is 0 Å². The van der Waals surface area contributed by atoms with Gasteiger partial charge in [-0.3, -0.25) is 4.98 Å². The first-order chi connectivity index (χ1) is 5.24. The average molecular weight is 146 g/mol. The zero-order valence-corrected chi connectivity index (χ0v) is 6.76. The first-order valence-electron chi connectivity index (χ1n) is 3.53. The molecule has 1 aromatic heterocycles. The molecule has 0 saturated heterocycles. The molecule has 56 valence electrons. The highest BCUT2D eigenvalue weighted by Gasteiger charge is 1.96. The SMILES string of the molecule is Cc1cc(C)c(CC#N)cn1. The molecule has 1 rings (SSSR count). The second kappa shape index (κ2) is 3.16. The van der Waals surface area contributed by atoms with E-state index in [1.165, 1.54) is 0 Å². The summed E-state index contributed by atoms with van der Waals surface area (Å²) in [5, 5.41) is 8.44. The van der Waals surface area contributed by atoms with Gasteiger partial charge in [-0.25, -0.2) is 0 Å². The normalized spacial score (nSPS) is 9.18. The molecule has 0 bridgehead atoms. The zero-order valence-electron chi connectivity index (χ0n) is 6.76. The topological polar surface area (TPSA) is 36.7 Å². The Bertz CT molecular complexity index is 297. The minimum Gasteiger partial charge on any atom is -0.261 e. The van der Waals surface area contributed by atoms with E-state index in [2.05, 4.69) is 11.1 Å². The number of hydrogen-bond acceptors (Lipinski definition) is 2. The monoisotopic (exact) mass is 146 g/mol. The van der Waals surface area contributed by atoms with E-state index in [-0.39, 0.29) is 0 Å². The van der Waals surface area contributed by atoms with Crippen LogP contribution in [-0.2, 0) is 6.42 Å². The summed E-state index contributed by atoms with van der Waals surface area (Å²) in [4.78, 5) is 4.11. The van der Waals surface area contributed by atoms with Crippen LogP contribution in [0.4, 0.5) is 0 Å². The molecule has 0 aromatic carbocycles. The fourth-order valence-corrected chi connectivity index (χ4v) is 0.995. The van der Waals surface area contributed by atoms with Crippen LogP contribution in [0.5, 0.6) is 0 Å². The third-order valence-corrected chi connectivity index (χ3v) is 1.63. The van der Waals surface area contributed by atoms with Gasteiger partial charge in [0.1, 0.15) is 0 Å². The molecule has 0 aliphatic carbocycles. The Morgan fingerprint density at radius 3 is 2.82 bits per heavy atom. The molecule has 2 heteroatoms. The molecule has 0 unspecified atom stereocenters. The van der Waals surface area contributed by atoms with Crippen molar-refractivity contribution in [3.8, 4) is 6.07 Å². The molecule has 0 radical (unpaired) electrons.